The van der Waals surface area contributed by atoms with Crippen LogP contribution in [0, 0.1) is 0 Å². The number of hydrogen-bond acceptors (Lipinski definition) is 5. The zero-order valence-electron chi connectivity index (χ0n) is 13.0. The van der Waals surface area contributed by atoms with E-state index in [1.54, 1.807) is 0 Å². The van der Waals surface area contributed by atoms with Gasteiger partial charge in [-0.2, -0.15) is 0 Å². The Hall–Kier alpha value is -0.980. The molecule has 0 bridgehead atoms. The summed E-state index contributed by atoms with van der Waals surface area (Å²) in [5.41, 5.74) is 0.877. The summed E-state index contributed by atoms with van der Waals surface area (Å²) < 4.78 is 19.1. The fourth-order valence-electron chi connectivity index (χ4n) is 3.25. The number of aromatic nitrogens is 3. The third-order valence-electron chi connectivity index (χ3n) is 4.51. The zero-order valence-corrected chi connectivity index (χ0v) is 13.0. The molecule has 1 saturated heterocycles. The average molecular weight is 295 g/mol. The molecule has 1 saturated carbocycles. The molecule has 118 valence electrons. The summed E-state index contributed by atoms with van der Waals surface area (Å²) in [5.74, 6) is 0. The van der Waals surface area contributed by atoms with Crippen LogP contribution < -0.4 is 0 Å². The fourth-order valence-corrected chi connectivity index (χ4v) is 3.25. The first-order valence-corrected chi connectivity index (χ1v) is 8.05. The molecule has 1 aromatic heterocycles. The third-order valence-corrected chi connectivity index (χ3v) is 4.51. The molecule has 0 aromatic carbocycles. The van der Waals surface area contributed by atoms with Gasteiger partial charge in [0.05, 0.1) is 17.8 Å². The van der Waals surface area contributed by atoms with E-state index >= 15 is 0 Å². The second-order valence-corrected chi connectivity index (χ2v) is 5.90. The highest BCUT2D eigenvalue weighted by Crippen LogP contribution is 2.45. The molecule has 0 radical (unpaired) electrons. The quantitative estimate of drug-likeness (QED) is 0.755. The van der Waals surface area contributed by atoms with Gasteiger partial charge in [-0.15, -0.1) is 5.10 Å². The van der Waals surface area contributed by atoms with E-state index in [2.05, 4.69) is 10.3 Å². The summed E-state index contributed by atoms with van der Waals surface area (Å²) in [5, 5.41) is 8.54. The molecule has 3 rings (SSSR count). The first-order chi connectivity index (χ1) is 10.3. The Labute approximate surface area is 125 Å². The Kier molecular flexibility index (Phi) is 4.57. The number of hydrogen-bond donors (Lipinski definition) is 0. The maximum absolute atomic E-state index is 5.97. The van der Waals surface area contributed by atoms with Gasteiger partial charge >= 0.3 is 0 Å². The molecule has 6 nitrogen and oxygen atoms in total. The van der Waals surface area contributed by atoms with Crippen molar-refractivity contribution in [1.29, 1.82) is 0 Å². The van der Waals surface area contributed by atoms with Crippen molar-refractivity contribution in [2.75, 3.05) is 19.8 Å². The molecule has 1 atom stereocenters. The summed E-state index contributed by atoms with van der Waals surface area (Å²) in [6.45, 7) is 5.92. The van der Waals surface area contributed by atoms with Crippen molar-refractivity contribution >= 4 is 0 Å². The first kappa shape index (κ1) is 14.9. The summed E-state index contributed by atoms with van der Waals surface area (Å²) >= 11 is 0. The predicted octanol–water partition coefficient (Wildman–Crippen LogP) is 2.62. The van der Waals surface area contributed by atoms with Crippen molar-refractivity contribution in [2.24, 2.45) is 0 Å². The fraction of sp³-hybridized carbons (Fsp3) is 0.867. The molecule has 1 aromatic rings. The molecule has 21 heavy (non-hydrogen) atoms. The Balaban J connectivity index is 1.68. The molecule has 0 amide bonds. The zero-order chi connectivity index (χ0) is 14.7. The molecular weight excluding hydrogens is 270 g/mol. The second-order valence-electron chi connectivity index (χ2n) is 5.90. The van der Waals surface area contributed by atoms with Gasteiger partial charge in [0.15, 0.2) is 0 Å². The molecule has 2 fully saturated rings. The minimum Gasteiger partial charge on any atom is -0.375 e. The van der Waals surface area contributed by atoms with E-state index in [4.69, 9.17) is 14.2 Å². The van der Waals surface area contributed by atoms with Crippen LogP contribution in [0.15, 0.2) is 6.20 Å². The van der Waals surface area contributed by atoms with Crippen LogP contribution in [-0.2, 0) is 14.2 Å². The summed E-state index contributed by atoms with van der Waals surface area (Å²) in [6.07, 6.45) is 7.26. The largest absolute Gasteiger partial charge is 0.375 e. The highest BCUT2D eigenvalue weighted by atomic mass is 16.7. The molecule has 2 heterocycles. The molecule has 2 aliphatic rings. The van der Waals surface area contributed by atoms with E-state index in [-0.39, 0.29) is 5.60 Å². The minimum absolute atomic E-state index is 0.119. The van der Waals surface area contributed by atoms with Crippen molar-refractivity contribution in [1.82, 2.24) is 15.0 Å². The van der Waals surface area contributed by atoms with E-state index in [9.17, 15) is 0 Å². The van der Waals surface area contributed by atoms with Crippen molar-refractivity contribution in [2.45, 2.75) is 63.9 Å². The van der Waals surface area contributed by atoms with Gasteiger partial charge in [0.1, 0.15) is 5.69 Å². The van der Waals surface area contributed by atoms with Crippen LogP contribution in [-0.4, -0.2) is 40.4 Å². The molecule has 1 spiro atoms. The molecule has 0 N–H and O–H groups in total. The monoisotopic (exact) mass is 295 g/mol. The van der Waals surface area contributed by atoms with Gasteiger partial charge in [0.2, 0.25) is 6.29 Å². The van der Waals surface area contributed by atoms with Crippen molar-refractivity contribution < 1.29 is 14.2 Å². The molecule has 1 unspecified atom stereocenters. The maximum atomic E-state index is 5.97. The van der Waals surface area contributed by atoms with E-state index < -0.39 is 6.29 Å². The first-order valence-electron chi connectivity index (χ1n) is 8.05. The topological polar surface area (TPSA) is 58.4 Å². The van der Waals surface area contributed by atoms with Gasteiger partial charge in [0.25, 0.3) is 0 Å². The van der Waals surface area contributed by atoms with Crippen LogP contribution in [0.5, 0.6) is 0 Å². The standard InChI is InChI=1S/C15H25N3O3/c1-3-19-14(20-4-2)13-11-18(17-16-13)12-6-9-21-15(10-12)7-5-8-15/h11-12,14H,3-10H2,1-2H3. The Morgan fingerprint density at radius 3 is 2.76 bits per heavy atom. The lowest BCUT2D eigenvalue weighted by molar-refractivity contribution is -0.143. The van der Waals surface area contributed by atoms with Crippen LogP contribution >= 0.6 is 0 Å². The molecule has 6 heteroatoms. The lowest BCUT2D eigenvalue weighted by Gasteiger charge is -2.47. The molecular formula is C15H25N3O3. The van der Waals surface area contributed by atoms with Crippen LogP contribution in [0.4, 0.5) is 0 Å². The highest BCUT2D eigenvalue weighted by Gasteiger charge is 2.43. The minimum atomic E-state index is -0.411. The van der Waals surface area contributed by atoms with Crippen molar-refractivity contribution in [3.8, 4) is 0 Å². The third kappa shape index (κ3) is 3.12. The average Bonchev–Trinajstić information content (AvgIpc) is 2.95. The van der Waals surface area contributed by atoms with Gasteiger partial charge < -0.3 is 14.2 Å². The highest BCUT2D eigenvalue weighted by molar-refractivity contribution is 4.99. The Morgan fingerprint density at radius 1 is 1.38 bits per heavy atom. The summed E-state index contributed by atoms with van der Waals surface area (Å²) in [6, 6.07) is 0.379. The number of nitrogens with zero attached hydrogens (tertiary/aromatic N) is 3. The lowest BCUT2D eigenvalue weighted by atomic mass is 9.74. The van der Waals surface area contributed by atoms with Gasteiger partial charge in [0, 0.05) is 19.8 Å². The summed E-state index contributed by atoms with van der Waals surface area (Å²) in [7, 11) is 0. The van der Waals surface area contributed by atoms with Crippen molar-refractivity contribution in [3.05, 3.63) is 11.9 Å². The smallest absolute Gasteiger partial charge is 0.204 e. The van der Waals surface area contributed by atoms with Gasteiger partial charge in [-0.25, -0.2) is 4.68 Å². The van der Waals surface area contributed by atoms with E-state index in [0.717, 1.165) is 25.1 Å². The van der Waals surface area contributed by atoms with E-state index in [0.29, 0.717) is 19.3 Å². The molecule has 1 aliphatic carbocycles. The van der Waals surface area contributed by atoms with E-state index in [1.807, 2.05) is 24.7 Å². The number of rotatable bonds is 6. The van der Waals surface area contributed by atoms with E-state index in [1.165, 1.54) is 19.3 Å². The SMILES string of the molecule is CCOC(OCC)c1cn(C2CCOC3(CCC3)C2)nn1. The van der Waals surface area contributed by atoms with Crippen LogP contribution in [0.2, 0.25) is 0 Å². The van der Waals surface area contributed by atoms with Crippen LogP contribution in [0.3, 0.4) is 0 Å². The normalized spacial score (nSPS) is 24.4. The van der Waals surface area contributed by atoms with Crippen molar-refractivity contribution in [3.63, 3.8) is 0 Å². The lowest BCUT2D eigenvalue weighted by Crippen LogP contribution is -2.46. The van der Waals surface area contributed by atoms with Gasteiger partial charge in [-0.05, 0) is 46.0 Å². The Bertz CT molecular complexity index is 453. The number of ether oxygens (including phenoxy) is 3. The predicted molar refractivity (Wildman–Crippen MR) is 76.8 cm³/mol. The van der Waals surface area contributed by atoms with Gasteiger partial charge in [-0.1, -0.05) is 5.21 Å². The van der Waals surface area contributed by atoms with Crippen LogP contribution in [0.1, 0.15) is 64.0 Å². The second kappa shape index (κ2) is 6.42. The van der Waals surface area contributed by atoms with Gasteiger partial charge in [-0.3, -0.25) is 0 Å². The van der Waals surface area contributed by atoms with Crippen LogP contribution in [0.25, 0.3) is 0 Å². The molecule has 1 aliphatic heterocycles. The summed E-state index contributed by atoms with van der Waals surface area (Å²) in [4.78, 5) is 0. The Morgan fingerprint density at radius 2 is 2.14 bits per heavy atom. The maximum Gasteiger partial charge on any atom is 0.204 e.